The summed E-state index contributed by atoms with van der Waals surface area (Å²) < 4.78 is 19.9. The molecule has 3 aromatic heterocycles. The second-order valence-corrected chi connectivity index (χ2v) is 10.8. The predicted octanol–water partition coefficient (Wildman–Crippen LogP) is 6.79. The molecule has 1 N–H and O–H groups in total. The number of nitrogens with one attached hydrogen (secondary N) is 1. The van der Waals surface area contributed by atoms with Crippen molar-refractivity contribution >= 4 is 40.0 Å². The van der Waals surface area contributed by atoms with Gasteiger partial charge in [0.1, 0.15) is 11.6 Å². The first-order chi connectivity index (χ1) is 17.9. The fourth-order valence-corrected chi connectivity index (χ4v) is 5.79. The van der Waals surface area contributed by atoms with Gasteiger partial charge in [-0.25, -0.2) is 14.4 Å². The zero-order valence-corrected chi connectivity index (χ0v) is 22.1. The number of aryl methyl sites for hydroxylation is 1. The molecule has 190 valence electrons. The van der Waals surface area contributed by atoms with Gasteiger partial charge in [0.25, 0.3) is 0 Å². The molecule has 4 heterocycles. The summed E-state index contributed by atoms with van der Waals surface area (Å²) in [4.78, 5) is 28.9. The molecule has 0 saturated carbocycles. The molecule has 0 bridgehead atoms. The molecule has 0 radical (unpaired) electrons. The minimum absolute atomic E-state index is 0.126. The van der Waals surface area contributed by atoms with Crippen LogP contribution in [0.25, 0.3) is 0 Å². The maximum atomic E-state index is 13.7. The molecule has 1 aliphatic heterocycles. The Morgan fingerprint density at radius 2 is 1.97 bits per heavy atom. The summed E-state index contributed by atoms with van der Waals surface area (Å²) in [6, 6.07) is 12.0. The van der Waals surface area contributed by atoms with E-state index in [0.29, 0.717) is 23.2 Å². The molecule has 1 aliphatic rings. The van der Waals surface area contributed by atoms with Gasteiger partial charge in [0, 0.05) is 59.6 Å². The van der Waals surface area contributed by atoms with E-state index >= 15 is 0 Å². The Bertz CT molecular complexity index is 1410. The number of rotatable bonds is 7. The van der Waals surface area contributed by atoms with E-state index in [1.54, 1.807) is 25.4 Å². The molecule has 1 amide bonds. The summed E-state index contributed by atoms with van der Waals surface area (Å²) in [5.74, 6) is 1.83. The topological polar surface area (TPSA) is 80.2 Å². The summed E-state index contributed by atoms with van der Waals surface area (Å²) in [5, 5.41) is 6.10. The number of carbonyl (C=O) groups excluding carboxylic acids is 1. The average molecular weight is 536 g/mol. The monoisotopic (exact) mass is 535 g/mol. The lowest BCUT2D eigenvalue weighted by atomic mass is 9.94. The Hall–Kier alpha value is -3.50. The second-order valence-electron chi connectivity index (χ2n) is 8.75. The van der Waals surface area contributed by atoms with Crippen molar-refractivity contribution < 1.29 is 13.9 Å². The van der Waals surface area contributed by atoms with Crippen LogP contribution in [0.1, 0.15) is 37.1 Å². The number of likely N-dealkylation sites (tertiary alicyclic amines) is 1. The van der Waals surface area contributed by atoms with Crippen molar-refractivity contribution in [3.8, 4) is 11.5 Å². The van der Waals surface area contributed by atoms with Crippen molar-refractivity contribution in [3.63, 3.8) is 0 Å². The van der Waals surface area contributed by atoms with Crippen molar-refractivity contribution in [3.05, 3.63) is 77.4 Å². The molecular weight excluding hydrogens is 509 g/mol. The predicted molar refractivity (Wildman–Crippen MR) is 143 cm³/mol. The minimum Gasteiger partial charge on any atom is -0.452 e. The number of hydrogen-bond acceptors (Lipinski definition) is 8. The van der Waals surface area contributed by atoms with Gasteiger partial charge in [-0.2, -0.15) is 0 Å². The van der Waals surface area contributed by atoms with Crippen LogP contribution >= 0.6 is 23.1 Å². The number of ether oxygens (including phenoxy) is 1. The molecule has 1 saturated heterocycles. The first-order valence-corrected chi connectivity index (χ1v) is 13.6. The Labute approximate surface area is 223 Å². The Morgan fingerprint density at radius 3 is 2.73 bits per heavy atom. The van der Waals surface area contributed by atoms with Gasteiger partial charge in [-0.15, -0.1) is 11.3 Å². The number of amides is 1. The van der Waals surface area contributed by atoms with Crippen LogP contribution in [0.4, 0.5) is 15.3 Å². The highest BCUT2D eigenvalue weighted by atomic mass is 32.2. The van der Waals surface area contributed by atoms with Gasteiger partial charge in [0.05, 0.1) is 11.4 Å². The van der Waals surface area contributed by atoms with Crippen LogP contribution in [-0.4, -0.2) is 38.8 Å². The molecule has 0 atom stereocenters. The van der Waals surface area contributed by atoms with E-state index in [9.17, 15) is 9.18 Å². The lowest BCUT2D eigenvalue weighted by Crippen LogP contribution is -2.36. The smallest absolute Gasteiger partial charge is 0.219 e. The van der Waals surface area contributed by atoms with Gasteiger partial charge in [-0.05, 0) is 50.1 Å². The number of halogens is 1. The Morgan fingerprint density at radius 1 is 1.14 bits per heavy atom. The van der Waals surface area contributed by atoms with Crippen LogP contribution in [0.2, 0.25) is 0 Å². The van der Waals surface area contributed by atoms with E-state index in [2.05, 4.69) is 20.7 Å². The molecule has 1 aromatic carbocycles. The number of pyridine rings is 2. The fourth-order valence-electron chi connectivity index (χ4n) is 4.14. The van der Waals surface area contributed by atoms with Crippen LogP contribution in [0.15, 0.2) is 70.0 Å². The second kappa shape index (κ2) is 11.3. The van der Waals surface area contributed by atoms with Gasteiger partial charge in [0.2, 0.25) is 5.91 Å². The van der Waals surface area contributed by atoms with E-state index in [1.165, 1.54) is 35.2 Å². The van der Waals surface area contributed by atoms with Crippen molar-refractivity contribution in [1.82, 2.24) is 19.9 Å². The number of carbonyl (C=O) groups is 1. The van der Waals surface area contributed by atoms with Gasteiger partial charge in [-0.1, -0.05) is 17.8 Å². The lowest BCUT2D eigenvalue weighted by Gasteiger charge is -2.30. The van der Waals surface area contributed by atoms with Gasteiger partial charge in [-0.3, -0.25) is 9.78 Å². The van der Waals surface area contributed by atoms with E-state index in [-0.39, 0.29) is 11.7 Å². The Balaban J connectivity index is 1.37. The molecule has 0 spiro atoms. The largest absolute Gasteiger partial charge is 0.452 e. The fraction of sp³-hybridized carbons (Fsp3) is 0.259. The average Bonchev–Trinajstić information content (AvgIpc) is 3.35. The number of nitrogens with zero attached hydrogens (tertiary/aromatic N) is 4. The summed E-state index contributed by atoms with van der Waals surface area (Å²) >= 11 is 2.92. The maximum absolute atomic E-state index is 13.7. The van der Waals surface area contributed by atoms with E-state index < -0.39 is 0 Å². The molecule has 10 heteroatoms. The normalized spacial score (nSPS) is 14.0. The van der Waals surface area contributed by atoms with Crippen LogP contribution in [-0.2, 0) is 4.79 Å². The Kier molecular flexibility index (Phi) is 7.66. The number of aromatic nitrogens is 3. The molecule has 7 nitrogen and oxygen atoms in total. The van der Waals surface area contributed by atoms with E-state index in [4.69, 9.17) is 9.72 Å². The number of hydrogen-bond donors (Lipinski definition) is 1. The van der Waals surface area contributed by atoms with Crippen LogP contribution in [0.3, 0.4) is 0 Å². The van der Waals surface area contributed by atoms with Gasteiger partial charge in [0.15, 0.2) is 16.7 Å². The van der Waals surface area contributed by atoms with Gasteiger partial charge < -0.3 is 15.0 Å². The lowest BCUT2D eigenvalue weighted by molar-refractivity contribution is -0.129. The molecule has 0 unspecified atom stereocenters. The third kappa shape index (κ3) is 6.26. The van der Waals surface area contributed by atoms with Crippen molar-refractivity contribution in [2.45, 2.75) is 42.4 Å². The zero-order valence-electron chi connectivity index (χ0n) is 20.5. The highest BCUT2D eigenvalue weighted by Gasteiger charge is 2.24. The standard InChI is InChI=1S/C27H26FN5O2S2/c1-17-24(7-4-10-29-17)35-25-14-22(37-21-6-3-5-20(28)13-21)15-30-26(25)32-27-31-23(16-36-27)19-8-11-33(12-9-19)18(2)34/h3-7,10,13-16,19H,8-9,11-12H2,1-2H3,(H,30,31,32). The van der Waals surface area contributed by atoms with Crippen molar-refractivity contribution in [2.75, 3.05) is 18.4 Å². The first-order valence-electron chi connectivity index (χ1n) is 12.0. The quantitative estimate of drug-likeness (QED) is 0.279. The van der Waals surface area contributed by atoms with Crippen molar-refractivity contribution in [2.24, 2.45) is 0 Å². The highest BCUT2D eigenvalue weighted by Crippen LogP contribution is 2.38. The summed E-state index contributed by atoms with van der Waals surface area (Å²) in [6.07, 6.45) is 5.25. The number of anilines is 2. The third-order valence-electron chi connectivity index (χ3n) is 6.14. The van der Waals surface area contributed by atoms with Crippen molar-refractivity contribution in [1.29, 1.82) is 0 Å². The zero-order chi connectivity index (χ0) is 25.8. The molecule has 4 aromatic rings. The van der Waals surface area contributed by atoms with E-state index in [1.807, 2.05) is 36.1 Å². The molecule has 1 fully saturated rings. The number of benzene rings is 1. The molecule has 0 aliphatic carbocycles. The summed E-state index contributed by atoms with van der Waals surface area (Å²) in [5.41, 5.74) is 1.78. The summed E-state index contributed by atoms with van der Waals surface area (Å²) in [7, 11) is 0. The van der Waals surface area contributed by atoms with Crippen LogP contribution < -0.4 is 10.1 Å². The van der Waals surface area contributed by atoms with Crippen LogP contribution in [0, 0.1) is 12.7 Å². The molecule has 5 rings (SSSR count). The third-order valence-corrected chi connectivity index (χ3v) is 7.87. The highest BCUT2D eigenvalue weighted by molar-refractivity contribution is 7.99. The first kappa shape index (κ1) is 25.2. The summed E-state index contributed by atoms with van der Waals surface area (Å²) in [6.45, 7) is 5.02. The number of piperidine rings is 1. The molecular formula is C27H26FN5O2S2. The van der Waals surface area contributed by atoms with Gasteiger partial charge >= 0.3 is 0 Å². The number of thiazole rings is 1. The van der Waals surface area contributed by atoms with Crippen LogP contribution in [0.5, 0.6) is 11.5 Å². The van der Waals surface area contributed by atoms with E-state index in [0.717, 1.165) is 52.2 Å². The molecule has 37 heavy (non-hydrogen) atoms. The SMILES string of the molecule is CC(=O)N1CCC(c2csc(Nc3ncc(Sc4cccc(F)c4)cc3Oc3cccnc3C)n2)CC1. The minimum atomic E-state index is -0.287. The maximum Gasteiger partial charge on any atom is 0.219 e.